The molecule has 3 aromatic rings. The summed E-state index contributed by atoms with van der Waals surface area (Å²) in [5.74, 6) is 0.742. The average Bonchev–Trinajstić information content (AvgIpc) is 3.07. The van der Waals surface area contributed by atoms with E-state index in [9.17, 15) is 10.1 Å². The number of thiophene rings is 1. The standard InChI is InChI=1S/C13H10N4O2S/c1-9-6-7-20-12(9)13-14-8-15-16(13)10-2-4-11(5-3-10)17(18)19/h2-8H,1H3. The van der Waals surface area contributed by atoms with Crippen LogP contribution in [0.2, 0.25) is 0 Å². The van der Waals surface area contributed by atoms with Gasteiger partial charge in [0.15, 0.2) is 5.82 Å². The Hall–Kier alpha value is -2.54. The zero-order valence-corrected chi connectivity index (χ0v) is 11.4. The summed E-state index contributed by atoms with van der Waals surface area (Å²) in [6, 6.07) is 8.28. The van der Waals surface area contributed by atoms with Crippen molar-refractivity contribution < 1.29 is 4.92 Å². The second-order valence-electron chi connectivity index (χ2n) is 4.20. The zero-order valence-electron chi connectivity index (χ0n) is 10.6. The number of aromatic nitrogens is 3. The Balaban J connectivity index is 2.06. The molecule has 0 atom stereocenters. The molecule has 0 saturated carbocycles. The van der Waals surface area contributed by atoms with Gasteiger partial charge in [0, 0.05) is 12.1 Å². The van der Waals surface area contributed by atoms with Gasteiger partial charge in [-0.3, -0.25) is 10.1 Å². The van der Waals surface area contributed by atoms with E-state index in [-0.39, 0.29) is 5.69 Å². The van der Waals surface area contributed by atoms with Crippen LogP contribution in [0.1, 0.15) is 5.56 Å². The van der Waals surface area contributed by atoms with Gasteiger partial charge in [0.05, 0.1) is 15.5 Å². The van der Waals surface area contributed by atoms with E-state index in [1.54, 1.807) is 28.2 Å². The lowest BCUT2D eigenvalue weighted by molar-refractivity contribution is -0.384. The maximum absolute atomic E-state index is 10.7. The first kappa shape index (κ1) is 12.5. The highest BCUT2D eigenvalue weighted by atomic mass is 32.1. The van der Waals surface area contributed by atoms with Crippen molar-refractivity contribution in [1.29, 1.82) is 0 Å². The molecule has 2 heterocycles. The molecule has 0 aliphatic heterocycles. The lowest BCUT2D eigenvalue weighted by Gasteiger charge is -2.05. The van der Waals surface area contributed by atoms with Gasteiger partial charge in [0.2, 0.25) is 0 Å². The van der Waals surface area contributed by atoms with Gasteiger partial charge in [-0.2, -0.15) is 5.10 Å². The Bertz CT molecular complexity index is 761. The molecule has 1 aromatic carbocycles. The molecule has 0 bridgehead atoms. The van der Waals surface area contributed by atoms with E-state index in [4.69, 9.17) is 0 Å². The van der Waals surface area contributed by atoms with Crippen LogP contribution in [0.3, 0.4) is 0 Å². The first-order valence-electron chi connectivity index (χ1n) is 5.86. The summed E-state index contributed by atoms with van der Waals surface area (Å²) in [6.07, 6.45) is 1.48. The molecular formula is C13H10N4O2S. The molecule has 20 heavy (non-hydrogen) atoms. The number of nitrogens with zero attached hydrogens (tertiary/aromatic N) is 4. The van der Waals surface area contributed by atoms with Crippen LogP contribution >= 0.6 is 11.3 Å². The number of nitro benzene ring substituents is 1. The summed E-state index contributed by atoms with van der Waals surface area (Å²) in [7, 11) is 0. The Morgan fingerprint density at radius 2 is 2.00 bits per heavy atom. The van der Waals surface area contributed by atoms with Gasteiger partial charge >= 0.3 is 0 Å². The first-order valence-corrected chi connectivity index (χ1v) is 6.74. The summed E-state index contributed by atoms with van der Waals surface area (Å²) in [6.45, 7) is 2.01. The summed E-state index contributed by atoms with van der Waals surface area (Å²) in [4.78, 5) is 15.6. The molecule has 6 nitrogen and oxygen atoms in total. The van der Waals surface area contributed by atoms with Crippen molar-refractivity contribution in [3.05, 3.63) is 57.7 Å². The van der Waals surface area contributed by atoms with Gasteiger partial charge in [0.1, 0.15) is 6.33 Å². The fourth-order valence-corrected chi connectivity index (χ4v) is 2.81. The Kier molecular flexibility index (Phi) is 3.03. The number of hydrogen-bond donors (Lipinski definition) is 0. The average molecular weight is 286 g/mol. The third kappa shape index (κ3) is 2.08. The van der Waals surface area contributed by atoms with Crippen molar-refractivity contribution in [2.75, 3.05) is 0 Å². The van der Waals surface area contributed by atoms with E-state index in [0.717, 1.165) is 22.0 Å². The molecular weight excluding hydrogens is 276 g/mol. The minimum Gasteiger partial charge on any atom is -0.258 e. The van der Waals surface area contributed by atoms with E-state index >= 15 is 0 Å². The molecule has 3 rings (SSSR count). The van der Waals surface area contributed by atoms with Gasteiger partial charge in [0.25, 0.3) is 5.69 Å². The molecule has 0 aliphatic rings. The maximum Gasteiger partial charge on any atom is 0.269 e. The molecule has 0 N–H and O–H groups in total. The second-order valence-corrected chi connectivity index (χ2v) is 5.12. The van der Waals surface area contributed by atoms with Crippen LogP contribution in [0.4, 0.5) is 5.69 Å². The number of aryl methyl sites for hydroxylation is 1. The van der Waals surface area contributed by atoms with Crippen LogP contribution in [-0.4, -0.2) is 19.7 Å². The van der Waals surface area contributed by atoms with E-state index in [1.807, 2.05) is 18.4 Å². The van der Waals surface area contributed by atoms with Crippen LogP contribution in [0.15, 0.2) is 42.0 Å². The predicted molar refractivity (Wildman–Crippen MR) is 76.1 cm³/mol. The quantitative estimate of drug-likeness (QED) is 0.547. The minimum atomic E-state index is -0.421. The topological polar surface area (TPSA) is 73.8 Å². The van der Waals surface area contributed by atoms with E-state index in [1.165, 1.54) is 18.5 Å². The van der Waals surface area contributed by atoms with Crippen molar-refractivity contribution >= 4 is 17.0 Å². The fraction of sp³-hybridized carbons (Fsp3) is 0.0769. The van der Waals surface area contributed by atoms with Crippen LogP contribution in [0.25, 0.3) is 16.4 Å². The molecule has 2 aromatic heterocycles. The Morgan fingerprint density at radius 3 is 2.60 bits per heavy atom. The predicted octanol–water partition coefficient (Wildman–Crippen LogP) is 3.21. The molecule has 0 unspecified atom stereocenters. The van der Waals surface area contributed by atoms with Gasteiger partial charge in [-0.15, -0.1) is 11.3 Å². The molecule has 0 amide bonds. The van der Waals surface area contributed by atoms with E-state index in [0.29, 0.717) is 0 Å². The Morgan fingerprint density at radius 1 is 1.25 bits per heavy atom. The highest BCUT2D eigenvalue weighted by Gasteiger charge is 2.13. The highest BCUT2D eigenvalue weighted by molar-refractivity contribution is 7.13. The summed E-state index contributed by atoms with van der Waals surface area (Å²) >= 11 is 1.59. The van der Waals surface area contributed by atoms with Gasteiger partial charge in [-0.1, -0.05) is 0 Å². The van der Waals surface area contributed by atoms with Crippen molar-refractivity contribution in [2.45, 2.75) is 6.92 Å². The molecule has 100 valence electrons. The van der Waals surface area contributed by atoms with Crippen molar-refractivity contribution in [3.63, 3.8) is 0 Å². The Labute approximate surface area is 118 Å². The minimum absolute atomic E-state index is 0.0581. The largest absolute Gasteiger partial charge is 0.269 e. The van der Waals surface area contributed by atoms with Crippen molar-refractivity contribution in [3.8, 4) is 16.4 Å². The normalized spacial score (nSPS) is 10.7. The van der Waals surface area contributed by atoms with Crippen molar-refractivity contribution in [2.24, 2.45) is 0 Å². The number of hydrogen-bond acceptors (Lipinski definition) is 5. The number of benzene rings is 1. The molecule has 0 radical (unpaired) electrons. The van der Waals surface area contributed by atoms with Gasteiger partial charge in [-0.05, 0) is 36.1 Å². The third-order valence-electron chi connectivity index (χ3n) is 2.92. The number of rotatable bonds is 3. The molecule has 0 saturated heterocycles. The smallest absolute Gasteiger partial charge is 0.258 e. The van der Waals surface area contributed by atoms with Crippen molar-refractivity contribution in [1.82, 2.24) is 14.8 Å². The highest BCUT2D eigenvalue weighted by Crippen LogP contribution is 2.28. The van der Waals surface area contributed by atoms with E-state index < -0.39 is 4.92 Å². The fourth-order valence-electron chi connectivity index (χ4n) is 1.90. The van der Waals surface area contributed by atoms with Crippen LogP contribution in [0.5, 0.6) is 0 Å². The van der Waals surface area contributed by atoms with Crippen LogP contribution in [-0.2, 0) is 0 Å². The first-order chi connectivity index (χ1) is 9.66. The maximum atomic E-state index is 10.7. The lowest BCUT2D eigenvalue weighted by Crippen LogP contribution is -1.99. The number of non-ortho nitro benzene ring substituents is 1. The second kappa shape index (κ2) is 4.86. The molecule has 0 spiro atoms. The van der Waals surface area contributed by atoms with Gasteiger partial charge < -0.3 is 0 Å². The summed E-state index contributed by atoms with van der Waals surface area (Å²) in [5.41, 5.74) is 1.93. The monoisotopic (exact) mass is 286 g/mol. The SMILES string of the molecule is Cc1ccsc1-c1ncnn1-c1ccc([N+](=O)[O-])cc1. The summed E-state index contributed by atoms with van der Waals surface area (Å²) in [5, 5.41) is 16.9. The molecule has 0 aliphatic carbocycles. The molecule has 7 heteroatoms. The lowest BCUT2D eigenvalue weighted by atomic mass is 10.2. The third-order valence-corrected chi connectivity index (χ3v) is 3.93. The zero-order chi connectivity index (χ0) is 14.1. The summed E-state index contributed by atoms with van der Waals surface area (Å²) < 4.78 is 1.68. The van der Waals surface area contributed by atoms with Crippen LogP contribution in [0, 0.1) is 17.0 Å². The van der Waals surface area contributed by atoms with Gasteiger partial charge in [-0.25, -0.2) is 9.67 Å². The van der Waals surface area contributed by atoms with E-state index in [2.05, 4.69) is 10.1 Å². The molecule has 0 fully saturated rings. The number of nitro groups is 1. The van der Waals surface area contributed by atoms with Crippen LogP contribution < -0.4 is 0 Å².